The number of rotatable bonds is 6. The summed E-state index contributed by atoms with van der Waals surface area (Å²) < 4.78 is 41.1. The number of ether oxygens (including phenoxy) is 2. The quantitative estimate of drug-likeness (QED) is 0.252. The molecule has 0 aliphatic rings. The number of carbonyl (C=O) groups excluding carboxylic acids is 1. The van der Waals surface area contributed by atoms with Gasteiger partial charge in [0.25, 0.3) is 6.43 Å². The average Bonchev–Trinajstić information content (AvgIpc) is 3.34. The van der Waals surface area contributed by atoms with Gasteiger partial charge >= 0.3 is 5.97 Å². The molecule has 9 heteroatoms. The molecule has 0 saturated carbocycles. The van der Waals surface area contributed by atoms with Crippen LogP contribution in [0, 0.1) is 0 Å². The highest BCUT2D eigenvalue weighted by Crippen LogP contribution is 2.42. The van der Waals surface area contributed by atoms with Gasteiger partial charge in [0.2, 0.25) is 0 Å². The third-order valence-electron chi connectivity index (χ3n) is 4.93. The van der Waals surface area contributed by atoms with Crippen molar-refractivity contribution in [1.29, 1.82) is 0 Å². The van der Waals surface area contributed by atoms with Crippen molar-refractivity contribution in [3.63, 3.8) is 0 Å². The van der Waals surface area contributed by atoms with Crippen molar-refractivity contribution in [2.24, 2.45) is 0 Å². The van der Waals surface area contributed by atoms with Gasteiger partial charge in [-0.3, -0.25) is 4.40 Å². The number of imidazole rings is 1. The summed E-state index contributed by atoms with van der Waals surface area (Å²) in [7, 11) is 0. The number of hydrogen-bond donors (Lipinski definition) is 0. The number of nitrogens with zero attached hydrogens (tertiary/aromatic N) is 2. The van der Waals surface area contributed by atoms with Crippen LogP contribution in [0.15, 0.2) is 54.7 Å². The van der Waals surface area contributed by atoms with Gasteiger partial charge < -0.3 is 9.47 Å². The highest BCUT2D eigenvalue weighted by atomic mass is 35.5. The SMILES string of the molecule is CC(Oc1cc(-c2c(C(F)F)nc3ccccn23)sc1C(=O)OC(C)(C)C)c1ccccc1Cl. The first kappa shape index (κ1) is 24.2. The third kappa shape index (κ3) is 4.93. The lowest BCUT2D eigenvalue weighted by molar-refractivity contribution is 0.00705. The highest BCUT2D eigenvalue weighted by Gasteiger charge is 2.29. The summed E-state index contributed by atoms with van der Waals surface area (Å²) in [5.41, 5.74) is 0.209. The van der Waals surface area contributed by atoms with Crippen LogP contribution < -0.4 is 4.74 Å². The Morgan fingerprint density at radius 1 is 1.15 bits per heavy atom. The molecule has 0 fully saturated rings. The number of fused-ring (bicyclic) bond motifs is 1. The van der Waals surface area contributed by atoms with Gasteiger partial charge in [0, 0.05) is 22.8 Å². The van der Waals surface area contributed by atoms with E-state index in [0.717, 1.165) is 16.9 Å². The van der Waals surface area contributed by atoms with Crippen LogP contribution in [0.4, 0.5) is 8.78 Å². The molecule has 4 rings (SSSR count). The van der Waals surface area contributed by atoms with Gasteiger partial charge in [-0.15, -0.1) is 11.3 Å². The molecule has 0 amide bonds. The summed E-state index contributed by atoms with van der Waals surface area (Å²) in [5, 5.41) is 0.519. The Hall–Kier alpha value is -2.97. The molecule has 0 spiro atoms. The standard InChI is InChI=1S/C25H23ClF2N2O3S/c1-14(15-9-5-6-10-16(15)26)32-17-13-18(34-22(17)24(31)33-25(2,3)4)21-20(23(27)28)29-19-11-7-8-12-30(19)21/h5-14,23H,1-4H3. The van der Waals surface area contributed by atoms with E-state index in [1.54, 1.807) is 68.6 Å². The molecule has 5 nitrogen and oxygen atoms in total. The van der Waals surface area contributed by atoms with E-state index in [9.17, 15) is 13.6 Å². The zero-order valence-corrected chi connectivity index (χ0v) is 20.6. The van der Waals surface area contributed by atoms with Gasteiger partial charge in [0.15, 0.2) is 4.88 Å². The van der Waals surface area contributed by atoms with Crippen molar-refractivity contribution in [2.45, 2.75) is 45.8 Å². The van der Waals surface area contributed by atoms with Crippen molar-refractivity contribution in [2.75, 3.05) is 0 Å². The zero-order valence-electron chi connectivity index (χ0n) is 19.0. The molecule has 0 radical (unpaired) electrons. The van der Waals surface area contributed by atoms with Gasteiger partial charge in [-0.1, -0.05) is 35.9 Å². The molecule has 0 N–H and O–H groups in total. The van der Waals surface area contributed by atoms with Crippen molar-refractivity contribution in [1.82, 2.24) is 9.38 Å². The van der Waals surface area contributed by atoms with Crippen LogP contribution in [-0.2, 0) is 4.74 Å². The second kappa shape index (κ2) is 9.35. The number of thiophene rings is 1. The molecular formula is C25H23ClF2N2O3S. The van der Waals surface area contributed by atoms with E-state index in [0.29, 0.717) is 15.5 Å². The molecule has 0 aliphatic heterocycles. The molecule has 3 aromatic heterocycles. The van der Waals surface area contributed by atoms with E-state index >= 15 is 0 Å². The molecule has 4 aromatic rings. The van der Waals surface area contributed by atoms with Crippen molar-refractivity contribution in [3.05, 3.63) is 75.9 Å². The van der Waals surface area contributed by atoms with E-state index in [1.165, 1.54) is 0 Å². The lowest BCUT2D eigenvalue weighted by Gasteiger charge is -2.20. The van der Waals surface area contributed by atoms with E-state index in [4.69, 9.17) is 21.1 Å². The Labute approximate surface area is 204 Å². The third-order valence-corrected chi connectivity index (χ3v) is 6.37. The van der Waals surface area contributed by atoms with E-state index in [1.807, 2.05) is 18.2 Å². The lowest BCUT2D eigenvalue weighted by Crippen LogP contribution is -2.23. The molecule has 1 unspecified atom stereocenters. The molecule has 178 valence electrons. The monoisotopic (exact) mass is 504 g/mol. The fourth-order valence-corrected chi connectivity index (χ4v) is 4.82. The predicted octanol–water partition coefficient (Wildman–Crippen LogP) is 7.75. The average molecular weight is 505 g/mol. The van der Waals surface area contributed by atoms with Crippen LogP contribution >= 0.6 is 22.9 Å². The maximum Gasteiger partial charge on any atom is 0.352 e. The van der Waals surface area contributed by atoms with Crippen LogP contribution in [0.25, 0.3) is 16.2 Å². The lowest BCUT2D eigenvalue weighted by atomic mass is 10.1. The molecular weight excluding hydrogens is 482 g/mol. The first-order chi connectivity index (χ1) is 16.0. The first-order valence-electron chi connectivity index (χ1n) is 10.6. The smallest absolute Gasteiger partial charge is 0.352 e. The normalized spacial score (nSPS) is 12.8. The van der Waals surface area contributed by atoms with Crippen LogP contribution in [-0.4, -0.2) is 21.0 Å². The molecule has 0 saturated heterocycles. The highest BCUT2D eigenvalue weighted by molar-refractivity contribution is 7.17. The van der Waals surface area contributed by atoms with Gasteiger partial charge in [0.05, 0.1) is 10.6 Å². The zero-order chi connectivity index (χ0) is 24.6. The first-order valence-corrected chi connectivity index (χ1v) is 11.8. The second-order valence-corrected chi connectivity index (χ2v) is 10.1. The van der Waals surface area contributed by atoms with Gasteiger partial charge in [-0.25, -0.2) is 18.6 Å². The minimum Gasteiger partial charge on any atom is -0.484 e. The second-order valence-electron chi connectivity index (χ2n) is 8.66. The van der Waals surface area contributed by atoms with E-state index in [-0.39, 0.29) is 22.0 Å². The topological polar surface area (TPSA) is 52.8 Å². The largest absolute Gasteiger partial charge is 0.484 e. The van der Waals surface area contributed by atoms with Gasteiger partial charge in [-0.2, -0.15) is 0 Å². The summed E-state index contributed by atoms with van der Waals surface area (Å²) >= 11 is 7.35. The fraction of sp³-hybridized carbons (Fsp3) is 0.280. The molecule has 3 heterocycles. The van der Waals surface area contributed by atoms with E-state index < -0.39 is 24.1 Å². The molecule has 1 aromatic carbocycles. The molecule has 0 aliphatic carbocycles. The van der Waals surface area contributed by atoms with Gasteiger partial charge in [-0.05, 0) is 45.9 Å². The number of alkyl halides is 2. The van der Waals surface area contributed by atoms with Crippen LogP contribution in [0.1, 0.15) is 61.2 Å². The molecule has 1 atom stereocenters. The Morgan fingerprint density at radius 2 is 1.85 bits per heavy atom. The predicted molar refractivity (Wildman–Crippen MR) is 129 cm³/mol. The maximum atomic E-state index is 13.9. The number of esters is 1. The molecule has 34 heavy (non-hydrogen) atoms. The Morgan fingerprint density at radius 3 is 2.53 bits per heavy atom. The summed E-state index contributed by atoms with van der Waals surface area (Å²) in [6, 6.07) is 13.9. The summed E-state index contributed by atoms with van der Waals surface area (Å²) in [5.74, 6) is -0.370. The number of carbonyl (C=O) groups is 1. The fourth-order valence-electron chi connectivity index (χ4n) is 3.52. The molecule has 0 bridgehead atoms. The Kier molecular flexibility index (Phi) is 6.64. The summed E-state index contributed by atoms with van der Waals surface area (Å²) in [6.07, 6.45) is -1.65. The van der Waals surface area contributed by atoms with Crippen molar-refractivity contribution in [3.8, 4) is 16.3 Å². The summed E-state index contributed by atoms with van der Waals surface area (Å²) in [6.45, 7) is 7.07. The number of halogens is 3. The van der Waals surface area contributed by atoms with E-state index in [2.05, 4.69) is 4.98 Å². The minimum atomic E-state index is -2.80. The van der Waals surface area contributed by atoms with Crippen molar-refractivity contribution >= 4 is 34.6 Å². The maximum absolute atomic E-state index is 13.9. The Balaban J connectivity index is 1.83. The van der Waals surface area contributed by atoms with Crippen LogP contribution in [0.5, 0.6) is 5.75 Å². The number of aromatic nitrogens is 2. The number of pyridine rings is 1. The van der Waals surface area contributed by atoms with Crippen LogP contribution in [0.3, 0.4) is 0 Å². The van der Waals surface area contributed by atoms with Gasteiger partial charge in [0.1, 0.15) is 28.8 Å². The van der Waals surface area contributed by atoms with Crippen LogP contribution in [0.2, 0.25) is 5.02 Å². The number of hydrogen-bond acceptors (Lipinski definition) is 5. The van der Waals surface area contributed by atoms with Crippen molar-refractivity contribution < 1.29 is 23.0 Å². The minimum absolute atomic E-state index is 0.176. The summed E-state index contributed by atoms with van der Waals surface area (Å²) in [4.78, 5) is 17.7. The number of benzene rings is 1. The Bertz CT molecular complexity index is 1340.